The first-order valence-electron chi connectivity index (χ1n) is 9.86. The molecule has 1 unspecified atom stereocenters. The minimum Gasteiger partial charge on any atom is -0.484 e. The molecule has 1 aromatic carbocycles. The second-order valence-electron chi connectivity index (χ2n) is 7.70. The fourth-order valence-electron chi connectivity index (χ4n) is 3.78. The summed E-state index contributed by atoms with van der Waals surface area (Å²) in [6.45, 7) is -0.149. The van der Waals surface area contributed by atoms with E-state index < -0.39 is 28.0 Å². The molecule has 11 heteroatoms. The zero-order valence-electron chi connectivity index (χ0n) is 16.8. The predicted molar refractivity (Wildman–Crippen MR) is 112 cm³/mol. The molecule has 0 radical (unpaired) electrons. The van der Waals surface area contributed by atoms with E-state index in [-0.39, 0.29) is 31.8 Å². The molecule has 9 nitrogen and oxygen atoms in total. The van der Waals surface area contributed by atoms with Crippen LogP contribution in [0.15, 0.2) is 24.3 Å². The zero-order chi connectivity index (χ0) is 21.9. The summed E-state index contributed by atoms with van der Waals surface area (Å²) in [5.41, 5.74) is 5.91. The van der Waals surface area contributed by atoms with Gasteiger partial charge in [0.2, 0.25) is 10.0 Å². The van der Waals surface area contributed by atoms with Crippen LogP contribution in [-0.4, -0.2) is 73.6 Å². The maximum Gasteiger partial charge on any atom is 0.262 e. The van der Waals surface area contributed by atoms with Crippen molar-refractivity contribution in [3.63, 3.8) is 0 Å². The van der Waals surface area contributed by atoms with E-state index in [1.807, 2.05) is 0 Å². The van der Waals surface area contributed by atoms with E-state index in [2.05, 4.69) is 5.32 Å². The minimum atomic E-state index is -3.68. The Morgan fingerprint density at radius 1 is 1.17 bits per heavy atom. The summed E-state index contributed by atoms with van der Waals surface area (Å²) < 4.78 is 31.0. The molecule has 1 aliphatic heterocycles. The Balaban J connectivity index is 1.68. The molecule has 30 heavy (non-hydrogen) atoms. The number of hydrogen-bond donors (Lipinski definition) is 2. The summed E-state index contributed by atoms with van der Waals surface area (Å²) in [5.74, 6) is -0.522. The maximum atomic E-state index is 13.0. The zero-order valence-corrected chi connectivity index (χ0v) is 18.4. The quantitative estimate of drug-likeness (QED) is 0.641. The van der Waals surface area contributed by atoms with Crippen molar-refractivity contribution >= 4 is 33.4 Å². The van der Waals surface area contributed by atoms with E-state index in [9.17, 15) is 18.0 Å². The molecule has 2 fully saturated rings. The van der Waals surface area contributed by atoms with Gasteiger partial charge in [0.25, 0.3) is 11.8 Å². The predicted octanol–water partition coefficient (Wildman–Crippen LogP) is 0.535. The highest BCUT2D eigenvalue weighted by Crippen LogP contribution is 2.22. The SMILES string of the molecule is CS(=O)(=O)N1CCN(C(=O)COc2ccc(Cl)cc2)C1C(=O)NC1CCC(N)CC1. The standard InChI is InChI=1S/C19H27ClN4O5S/c1-30(27,28)24-11-10-23(17(25)12-29-16-8-2-13(20)3-9-16)19(24)18(26)22-15-6-4-14(21)5-7-15/h2-3,8-9,14-15,19H,4-7,10-12,21H2,1H3,(H,22,26). The Labute approximate surface area is 181 Å². The lowest BCUT2D eigenvalue weighted by molar-refractivity contribution is -0.142. The van der Waals surface area contributed by atoms with Crippen molar-refractivity contribution in [3.05, 3.63) is 29.3 Å². The largest absolute Gasteiger partial charge is 0.484 e. The number of amides is 2. The van der Waals surface area contributed by atoms with Gasteiger partial charge in [0, 0.05) is 30.2 Å². The van der Waals surface area contributed by atoms with Gasteiger partial charge in [-0.1, -0.05) is 11.6 Å². The summed E-state index contributed by atoms with van der Waals surface area (Å²) in [5, 5.41) is 3.44. The molecule has 1 saturated carbocycles. The topological polar surface area (TPSA) is 122 Å². The van der Waals surface area contributed by atoms with Crippen molar-refractivity contribution in [2.45, 2.75) is 43.9 Å². The summed E-state index contributed by atoms with van der Waals surface area (Å²) >= 11 is 5.83. The van der Waals surface area contributed by atoms with E-state index in [0.717, 1.165) is 36.2 Å². The van der Waals surface area contributed by atoms with Crippen LogP contribution in [0.4, 0.5) is 0 Å². The van der Waals surface area contributed by atoms with Crippen molar-refractivity contribution in [1.82, 2.24) is 14.5 Å². The van der Waals surface area contributed by atoms with Gasteiger partial charge in [-0.05, 0) is 49.9 Å². The maximum absolute atomic E-state index is 13.0. The lowest BCUT2D eigenvalue weighted by Gasteiger charge is -2.32. The van der Waals surface area contributed by atoms with Crippen LogP contribution in [0.3, 0.4) is 0 Å². The van der Waals surface area contributed by atoms with E-state index >= 15 is 0 Å². The summed E-state index contributed by atoms with van der Waals surface area (Å²) in [4.78, 5) is 27.0. The van der Waals surface area contributed by atoms with Crippen LogP contribution in [0, 0.1) is 0 Å². The molecule has 1 heterocycles. The Morgan fingerprint density at radius 3 is 2.40 bits per heavy atom. The second-order valence-corrected chi connectivity index (χ2v) is 10.1. The molecule has 3 N–H and O–H groups in total. The van der Waals surface area contributed by atoms with Crippen molar-refractivity contribution in [2.75, 3.05) is 26.0 Å². The van der Waals surface area contributed by atoms with Crippen LogP contribution in [0.25, 0.3) is 0 Å². The number of nitrogens with two attached hydrogens (primary N) is 1. The van der Waals surface area contributed by atoms with E-state index in [1.54, 1.807) is 24.3 Å². The van der Waals surface area contributed by atoms with Crippen LogP contribution in [0.5, 0.6) is 5.75 Å². The number of nitrogens with one attached hydrogen (secondary N) is 1. The molecule has 3 rings (SSSR count). The monoisotopic (exact) mass is 458 g/mol. The molecule has 1 aromatic rings. The molecular weight excluding hydrogens is 432 g/mol. The highest BCUT2D eigenvalue weighted by Gasteiger charge is 2.45. The van der Waals surface area contributed by atoms with Gasteiger partial charge < -0.3 is 20.7 Å². The number of hydrogen-bond acceptors (Lipinski definition) is 6. The third kappa shape index (κ3) is 5.63. The van der Waals surface area contributed by atoms with Crippen molar-refractivity contribution in [2.24, 2.45) is 5.73 Å². The number of nitrogens with zero attached hydrogens (tertiary/aromatic N) is 2. The minimum absolute atomic E-state index is 0.0547. The molecule has 1 saturated heterocycles. The van der Waals surface area contributed by atoms with E-state index in [0.29, 0.717) is 10.8 Å². The third-order valence-corrected chi connectivity index (χ3v) is 6.89. The van der Waals surface area contributed by atoms with E-state index in [4.69, 9.17) is 22.1 Å². The Kier molecular flexibility index (Phi) is 7.22. The molecule has 2 amide bonds. The number of carbonyl (C=O) groups excluding carboxylic acids is 2. The first-order chi connectivity index (χ1) is 14.1. The smallest absolute Gasteiger partial charge is 0.262 e. The number of halogens is 1. The Bertz CT molecular complexity index is 871. The first kappa shape index (κ1) is 22.8. The normalized spacial score (nSPS) is 25.2. The van der Waals surface area contributed by atoms with Crippen LogP contribution in [-0.2, 0) is 19.6 Å². The van der Waals surface area contributed by atoms with Gasteiger partial charge in [0.15, 0.2) is 12.8 Å². The molecule has 0 spiro atoms. The van der Waals surface area contributed by atoms with Gasteiger partial charge in [-0.2, -0.15) is 4.31 Å². The molecule has 0 bridgehead atoms. The fraction of sp³-hybridized carbons (Fsp3) is 0.579. The number of rotatable bonds is 6. The highest BCUT2D eigenvalue weighted by atomic mass is 35.5. The van der Waals surface area contributed by atoms with Crippen LogP contribution >= 0.6 is 11.6 Å². The average Bonchev–Trinajstić information content (AvgIpc) is 3.15. The van der Waals surface area contributed by atoms with Gasteiger partial charge in [-0.15, -0.1) is 0 Å². The second kappa shape index (κ2) is 9.51. The summed E-state index contributed by atoms with van der Waals surface area (Å²) in [7, 11) is -3.68. The van der Waals surface area contributed by atoms with E-state index in [1.165, 1.54) is 4.90 Å². The Hall–Kier alpha value is -1.88. The number of benzene rings is 1. The molecule has 0 aromatic heterocycles. The molecule has 1 atom stereocenters. The number of sulfonamides is 1. The lowest BCUT2D eigenvalue weighted by Crippen LogP contribution is -2.56. The summed E-state index contributed by atoms with van der Waals surface area (Å²) in [6.07, 6.45) is 2.85. The third-order valence-electron chi connectivity index (χ3n) is 5.40. The van der Waals surface area contributed by atoms with Gasteiger partial charge >= 0.3 is 0 Å². The number of ether oxygens (including phenoxy) is 1. The molecular formula is C19H27ClN4O5S. The summed E-state index contributed by atoms with van der Waals surface area (Å²) in [6, 6.07) is 6.56. The average molecular weight is 459 g/mol. The van der Waals surface area contributed by atoms with Crippen LogP contribution in [0.1, 0.15) is 25.7 Å². The van der Waals surface area contributed by atoms with Crippen molar-refractivity contribution in [3.8, 4) is 5.75 Å². The number of carbonyl (C=O) groups is 2. The van der Waals surface area contributed by atoms with Crippen molar-refractivity contribution < 1.29 is 22.7 Å². The van der Waals surface area contributed by atoms with Gasteiger partial charge in [-0.25, -0.2) is 8.42 Å². The molecule has 166 valence electrons. The van der Waals surface area contributed by atoms with Gasteiger partial charge in [0.1, 0.15) is 5.75 Å². The molecule has 2 aliphatic rings. The van der Waals surface area contributed by atoms with Crippen molar-refractivity contribution in [1.29, 1.82) is 0 Å². The first-order valence-corrected chi connectivity index (χ1v) is 12.1. The van der Waals surface area contributed by atoms with Crippen LogP contribution < -0.4 is 15.8 Å². The van der Waals surface area contributed by atoms with Gasteiger partial charge in [-0.3, -0.25) is 9.59 Å². The van der Waals surface area contributed by atoms with Crippen LogP contribution in [0.2, 0.25) is 5.02 Å². The lowest BCUT2D eigenvalue weighted by atomic mass is 9.92. The van der Waals surface area contributed by atoms with Gasteiger partial charge in [0.05, 0.1) is 6.26 Å². The fourth-order valence-corrected chi connectivity index (χ4v) is 4.90. The Morgan fingerprint density at radius 2 is 1.80 bits per heavy atom. The highest BCUT2D eigenvalue weighted by molar-refractivity contribution is 7.88. The molecule has 1 aliphatic carbocycles.